The third-order valence-electron chi connectivity index (χ3n) is 6.79. The van der Waals surface area contributed by atoms with Crippen LogP contribution >= 0.6 is 0 Å². The lowest BCUT2D eigenvalue weighted by Gasteiger charge is -2.33. The van der Waals surface area contributed by atoms with Gasteiger partial charge in [0.2, 0.25) is 21.8 Å². The van der Waals surface area contributed by atoms with Crippen LogP contribution in [0.2, 0.25) is 0 Å². The van der Waals surface area contributed by atoms with Gasteiger partial charge in [-0.05, 0) is 48.4 Å². The second-order valence-electron chi connectivity index (χ2n) is 10.3. The van der Waals surface area contributed by atoms with E-state index in [1.165, 1.54) is 24.1 Å². The fraction of sp³-hybridized carbons (Fsp3) is 0.250. The number of carbonyl (C=O) groups is 2. The lowest BCUT2D eigenvalue weighted by Crippen LogP contribution is -2.54. The van der Waals surface area contributed by atoms with Crippen molar-refractivity contribution in [3.05, 3.63) is 114 Å². The van der Waals surface area contributed by atoms with E-state index in [1.807, 2.05) is 68.4 Å². The largest absolute Gasteiger partial charge is 0.352 e. The highest BCUT2D eigenvalue weighted by Gasteiger charge is 2.33. The summed E-state index contributed by atoms with van der Waals surface area (Å²) in [4.78, 5) is 28.7. The molecule has 0 aromatic heterocycles. The lowest BCUT2D eigenvalue weighted by atomic mass is 10.0. The van der Waals surface area contributed by atoms with Crippen molar-refractivity contribution < 1.29 is 22.4 Å². The minimum absolute atomic E-state index is 0.0468. The SMILES string of the molecule is CC(C)NC(=O)[C@@H](Cc1ccccc1)N(Cc1ccccc1F)C(=O)CN(C)S(=O)(=O)c1ccc2ccccc2c1. The minimum Gasteiger partial charge on any atom is -0.352 e. The van der Waals surface area contributed by atoms with E-state index in [0.29, 0.717) is 0 Å². The molecule has 0 aliphatic rings. The zero-order valence-corrected chi connectivity index (χ0v) is 24.1. The number of carbonyl (C=O) groups excluding carboxylic acids is 2. The van der Waals surface area contributed by atoms with Gasteiger partial charge in [0.25, 0.3) is 0 Å². The third kappa shape index (κ3) is 7.36. The molecule has 1 atom stereocenters. The fourth-order valence-corrected chi connectivity index (χ4v) is 5.78. The summed E-state index contributed by atoms with van der Waals surface area (Å²) >= 11 is 0. The molecule has 0 spiro atoms. The van der Waals surface area contributed by atoms with Gasteiger partial charge in [0.05, 0.1) is 11.4 Å². The highest BCUT2D eigenvalue weighted by atomic mass is 32.2. The first-order valence-corrected chi connectivity index (χ1v) is 14.8. The van der Waals surface area contributed by atoms with Crippen LogP contribution in [0.1, 0.15) is 25.0 Å². The molecular weight excluding hydrogens is 541 g/mol. The Balaban J connectivity index is 1.68. The first-order chi connectivity index (χ1) is 19.6. The van der Waals surface area contributed by atoms with Crippen molar-refractivity contribution in [2.45, 2.75) is 43.8 Å². The molecule has 4 rings (SSSR count). The second-order valence-corrected chi connectivity index (χ2v) is 12.3. The Labute approximate surface area is 240 Å². The molecule has 0 aliphatic carbocycles. The number of hydrogen-bond donors (Lipinski definition) is 1. The van der Waals surface area contributed by atoms with Crippen molar-refractivity contribution in [1.82, 2.24) is 14.5 Å². The maximum Gasteiger partial charge on any atom is 0.243 e. The molecule has 0 saturated carbocycles. The van der Waals surface area contributed by atoms with E-state index in [-0.39, 0.29) is 29.5 Å². The van der Waals surface area contributed by atoms with E-state index < -0.39 is 40.2 Å². The quantitative estimate of drug-likeness (QED) is 0.279. The van der Waals surface area contributed by atoms with Crippen LogP contribution in [0.4, 0.5) is 4.39 Å². The molecule has 0 fully saturated rings. The molecule has 2 amide bonds. The number of fused-ring (bicyclic) bond motifs is 1. The molecule has 1 N–H and O–H groups in total. The number of likely N-dealkylation sites (N-methyl/N-ethyl adjacent to an activating group) is 1. The summed E-state index contributed by atoms with van der Waals surface area (Å²) in [5.74, 6) is -1.56. The van der Waals surface area contributed by atoms with Crippen molar-refractivity contribution in [2.75, 3.05) is 13.6 Å². The summed E-state index contributed by atoms with van der Waals surface area (Å²) in [7, 11) is -2.73. The minimum atomic E-state index is -4.05. The van der Waals surface area contributed by atoms with Gasteiger partial charge >= 0.3 is 0 Å². The normalized spacial score (nSPS) is 12.4. The van der Waals surface area contributed by atoms with Gasteiger partial charge in [0.1, 0.15) is 11.9 Å². The molecule has 7 nitrogen and oxygen atoms in total. The molecule has 4 aromatic carbocycles. The molecule has 0 heterocycles. The Morgan fingerprint density at radius 2 is 1.49 bits per heavy atom. The average molecular weight is 576 g/mol. The van der Waals surface area contributed by atoms with E-state index in [1.54, 1.807) is 30.3 Å². The van der Waals surface area contributed by atoms with Crippen molar-refractivity contribution in [3.63, 3.8) is 0 Å². The number of amides is 2. The van der Waals surface area contributed by atoms with E-state index in [2.05, 4.69) is 5.32 Å². The van der Waals surface area contributed by atoms with Gasteiger partial charge in [-0.1, -0.05) is 78.9 Å². The van der Waals surface area contributed by atoms with Crippen LogP contribution in [0, 0.1) is 5.82 Å². The van der Waals surface area contributed by atoms with Gasteiger partial charge in [-0.25, -0.2) is 12.8 Å². The number of nitrogens with one attached hydrogen (secondary N) is 1. The molecule has 9 heteroatoms. The van der Waals surface area contributed by atoms with Crippen molar-refractivity contribution in [3.8, 4) is 0 Å². The van der Waals surface area contributed by atoms with Gasteiger partial charge in [-0.3, -0.25) is 9.59 Å². The number of nitrogens with zero attached hydrogens (tertiary/aromatic N) is 2. The van der Waals surface area contributed by atoms with Crippen LogP contribution in [0.15, 0.2) is 102 Å². The van der Waals surface area contributed by atoms with Crippen molar-refractivity contribution in [2.24, 2.45) is 0 Å². The molecule has 0 radical (unpaired) electrons. The first kappa shape index (κ1) is 29.9. The number of hydrogen-bond acceptors (Lipinski definition) is 4. The van der Waals surface area contributed by atoms with Gasteiger partial charge in [0, 0.05) is 31.6 Å². The maximum absolute atomic E-state index is 14.8. The van der Waals surface area contributed by atoms with E-state index in [9.17, 15) is 22.4 Å². The zero-order valence-electron chi connectivity index (χ0n) is 23.3. The Bertz CT molecular complexity index is 1630. The number of sulfonamides is 1. The summed E-state index contributed by atoms with van der Waals surface area (Å²) < 4.78 is 42.7. The maximum atomic E-state index is 14.8. The summed E-state index contributed by atoms with van der Waals surface area (Å²) in [6, 6.07) is 26.2. The number of halogens is 1. The van der Waals surface area contributed by atoms with Gasteiger partial charge in [-0.15, -0.1) is 0 Å². The number of benzene rings is 4. The standard InChI is InChI=1S/C32H34FN3O4S/c1-23(2)34-32(38)30(19-24-11-5-4-6-12-24)36(21-27-15-9-10-16-29(27)33)31(37)22-35(3)41(39,40)28-18-17-25-13-7-8-14-26(25)20-28/h4-18,20,23,30H,19,21-22H2,1-3H3,(H,34,38)/t30-/m1/s1. The predicted octanol–water partition coefficient (Wildman–Crippen LogP) is 4.76. The molecule has 0 aliphatic heterocycles. The Morgan fingerprint density at radius 3 is 2.17 bits per heavy atom. The zero-order chi connectivity index (χ0) is 29.6. The van der Waals surface area contributed by atoms with Crippen molar-refractivity contribution >= 4 is 32.6 Å². The third-order valence-corrected chi connectivity index (χ3v) is 8.59. The molecule has 0 saturated heterocycles. The van der Waals surface area contributed by atoms with Crippen LogP contribution in [0.25, 0.3) is 10.8 Å². The van der Waals surface area contributed by atoms with Crippen LogP contribution in [0.5, 0.6) is 0 Å². The predicted molar refractivity (Wildman–Crippen MR) is 158 cm³/mol. The highest BCUT2D eigenvalue weighted by Crippen LogP contribution is 2.22. The van der Waals surface area contributed by atoms with Crippen molar-refractivity contribution in [1.29, 1.82) is 0 Å². The molecule has 0 bridgehead atoms. The molecule has 4 aromatic rings. The molecule has 41 heavy (non-hydrogen) atoms. The Kier molecular flexibility index (Phi) is 9.52. The number of rotatable bonds is 11. The fourth-order valence-electron chi connectivity index (χ4n) is 4.62. The highest BCUT2D eigenvalue weighted by molar-refractivity contribution is 7.89. The molecule has 0 unspecified atom stereocenters. The summed E-state index contributed by atoms with van der Waals surface area (Å²) in [6.45, 7) is 2.87. The first-order valence-electron chi connectivity index (χ1n) is 13.4. The van der Waals surface area contributed by atoms with Crippen LogP contribution in [-0.4, -0.2) is 55.1 Å². The Morgan fingerprint density at radius 1 is 0.854 bits per heavy atom. The molecular formula is C32H34FN3O4S. The van der Waals surface area contributed by atoms with Gasteiger partial charge in [0.15, 0.2) is 0 Å². The average Bonchev–Trinajstić information content (AvgIpc) is 2.95. The van der Waals surface area contributed by atoms with Gasteiger partial charge < -0.3 is 10.2 Å². The van der Waals surface area contributed by atoms with E-state index >= 15 is 0 Å². The molecule has 214 valence electrons. The van der Waals surface area contributed by atoms with Crippen LogP contribution in [0.3, 0.4) is 0 Å². The Hall–Kier alpha value is -4.08. The topological polar surface area (TPSA) is 86.8 Å². The summed E-state index contributed by atoms with van der Waals surface area (Å²) in [5, 5.41) is 4.51. The van der Waals surface area contributed by atoms with E-state index in [4.69, 9.17) is 0 Å². The van der Waals surface area contributed by atoms with Gasteiger partial charge in [-0.2, -0.15) is 4.31 Å². The lowest BCUT2D eigenvalue weighted by molar-refractivity contribution is -0.141. The van der Waals surface area contributed by atoms with Crippen LogP contribution < -0.4 is 5.32 Å². The van der Waals surface area contributed by atoms with Crippen LogP contribution in [-0.2, 0) is 32.6 Å². The smallest absolute Gasteiger partial charge is 0.243 e. The summed E-state index contributed by atoms with van der Waals surface area (Å²) in [5.41, 5.74) is 1.02. The summed E-state index contributed by atoms with van der Waals surface area (Å²) in [6.07, 6.45) is 0.167. The second kappa shape index (κ2) is 13.1. The monoisotopic (exact) mass is 575 g/mol. The van der Waals surface area contributed by atoms with E-state index in [0.717, 1.165) is 20.6 Å².